The second kappa shape index (κ2) is 11.8. The average Bonchev–Trinajstić information content (AvgIpc) is 3.63. The SMILES string of the molecule is c1ccc(-c2cccc(-c3ccccc3)c2-c2c3ccccc3c(-c3ccc4ccc5oc6ccc7ccccc7c6c5c4c3)c3ccccc23)cc1. The monoisotopic (exact) mass is 672 g/mol. The van der Waals surface area contributed by atoms with Gasteiger partial charge in [0.2, 0.25) is 0 Å². The largest absolute Gasteiger partial charge is 0.456 e. The van der Waals surface area contributed by atoms with Gasteiger partial charge in [0, 0.05) is 10.8 Å². The number of rotatable bonds is 4. The molecule has 0 N–H and O–H groups in total. The first kappa shape index (κ1) is 29.7. The van der Waals surface area contributed by atoms with Gasteiger partial charge in [-0.2, -0.15) is 0 Å². The Bertz CT molecular complexity index is 3090. The van der Waals surface area contributed by atoms with Crippen molar-refractivity contribution in [3.05, 3.63) is 194 Å². The van der Waals surface area contributed by atoms with Crippen molar-refractivity contribution in [1.82, 2.24) is 0 Å². The molecule has 1 aromatic heterocycles. The van der Waals surface area contributed by atoms with Crippen LogP contribution in [0.5, 0.6) is 0 Å². The van der Waals surface area contributed by atoms with Gasteiger partial charge >= 0.3 is 0 Å². The lowest BCUT2D eigenvalue weighted by atomic mass is 9.81. The Morgan fingerprint density at radius 1 is 0.264 bits per heavy atom. The van der Waals surface area contributed by atoms with E-state index in [1.54, 1.807) is 0 Å². The van der Waals surface area contributed by atoms with E-state index in [4.69, 9.17) is 4.42 Å². The molecule has 0 aliphatic heterocycles. The minimum Gasteiger partial charge on any atom is -0.456 e. The number of hydrogen-bond acceptors (Lipinski definition) is 1. The fourth-order valence-corrected chi connectivity index (χ4v) is 8.76. The quantitative estimate of drug-likeness (QED) is 0.170. The molecule has 0 atom stereocenters. The van der Waals surface area contributed by atoms with Crippen molar-refractivity contribution >= 4 is 65.0 Å². The molecule has 1 heterocycles. The fraction of sp³-hybridized carbons (Fsp3) is 0. The van der Waals surface area contributed by atoms with E-state index in [0.29, 0.717) is 0 Å². The van der Waals surface area contributed by atoms with Gasteiger partial charge in [-0.25, -0.2) is 0 Å². The van der Waals surface area contributed by atoms with Crippen LogP contribution in [-0.4, -0.2) is 0 Å². The molecule has 0 spiro atoms. The van der Waals surface area contributed by atoms with Crippen LogP contribution in [0.3, 0.4) is 0 Å². The number of fused-ring (bicyclic) bond motifs is 9. The zero-order valence-corrected chi connectivity index (χ0v) is 28.9. The predicted octanol–water partition coefficient (Wildman–Crippen LogP) is 14.9. The second-order valence-electron chi connectivity index (χ2n) is 13.9. The molecule has 246 valence electrons. The first-order valence-electron chi connectivity index (χ1n) is 18.3. The van der Waals surface area contributed by atoms with Gasteiger partial charge in [-0.1, -0.05) is 176 Å². The molecule has 11 rings (SSSR count). The standard InChI is InChI=1S/C52H32O/c1-3-14-33(15-4-1)38-24-13-25-39(34-16-5-2-6-17-34)49(38)50-43-22-11-9-20-41(43)48(42-21-10-12-23-44(42)50)37-27-26-36-29-31-47-52(45(36)32-37)51-40-19-8-7-18-35(40)28-30-46(51)53-47/h1-32H. The minimum absolute atomic E-state index is 0.914. The van der Waals surface area contributed by atoms with Crippen LogP contribution < -0.4 is 0 Å². The van der Waals surface area contributed by atoms with E-state index in [-0.39, 0.29) is 0 Å². The number of furan rings is 1. The van der Waals surface area contributed by atoms with Crippen LogP contribution >= 0.6 is 0 Å². The molecule has 1 nitrogen and oxygen atoms in total. The first-order chi connectivity index (χ1) is 26.3. The van der Waals surface area contributed by atoms with Crippen LogP contribution in [0.1, 0.15) is 0 Å². The number of benzene rings is 10. The van der Waals surface area contributed by atoms with E-state index in [9.17, 15) is 0 Å². The summed E-state index contributed by atoms with van der Waals surface area (Å²) in [5.74, 6) is 0. The summed E-state index contributed by atoms with van der Waals surface area (Å²) < 4.78 is 6.51. The summed E-state index contributed by atoms with van der Waals surface area (Å²) in [5, 5.41) is 12.1. The Balaban J connectivity index is 1.26. The van der Waals surface area contributed by atoms with Crippen molar-refractivity contribution < 1.29 is 4.42 Å². The summed E-state index contributed by atoms with van der Waals surface area (Å²) in [5.41, 5.74) is 11.6. The van der Waals surface area contributed by atoms with Crippen molar-refractivity contribution in [3.8, 4) is 44.5 Å². The molecule has 10 aromatic carbocycles. The lowest BCUT2D eigenvalue weighted by molar-refractivity contribution is 0.669. The Labute approximate surface area is 307 Å². The van der Waals surface area contributed by atoms with E-state index in [2.05, 4.69) is 194 Å². The Morgan fingerprint density at radius 2 is 0.717 bits per heavy atom. The molecule has 0 unspecified atom stereocenters. The van der Waals surface area contributed by atoms with E-state index in [1.165, 1.54) is 98.4 Å². The molecule has 0 bridgehead atoms. The van der Waals surface area contributed by atoms with E-state index in [1.807, 2.05) is 0 Å². The van der Waals surface area contributed by atoms with Crippen LogP contribution in [0.2, 0.25) is 0 Å². The van der Waals surface area contributed by atoms with Crippen molar-refractivity contribution in [3.63, 3.8) is 0 Å². The summed E-state index contributed by atoms with van der Waals surface area (Å²) in [6.45, 7) is 0. The van der Waals surface area contributed by atoms with Crippen LogP contribution in [-0.2, 0) is 0 Å². The maximum Gasteiger partial charge on any atom is 0.136 e. The first-order valence-corrected chi connectivity index (χ1v) is 18.3. The molecular weight excluding hydrogens is 641 g/mol. The molecule has 0 saturated heterocycles. The molecule has 0 fully saturated rings. The maximum atomic E-state index is 6.51. The molecule has 0 saturated carbocycles. The Kier molecular flexibility index (Phi) is 6.62. The Morgan fingerprint density at radius 3 is 1.30 bits per heavy atom. The molecule has 11 aromatic rings. The van der Waals surface area contributed by atoms with Crippen LogP contribution in [0.25, 0.3) is 110 Å². The lowest BCUT2D eigenvalue weighted by Crippen LogP contribution is -1.95. The third kappa shape index (κ3) is 4.58. The Hall–Kier alpha value is -6.96. The van der Waals surface area contributed by atoms with Gasteiger partial charge in [0.15, 0.2) is 0 Å². The zero-order chi connectivity index (χ0) is 34.9. The number of hydrogen-bond donors (Lipinski definition) is 0. The summed E-state index contributed by atoms with van der Waals surface area (Å²) in [7, 11) is 0. The minimum atomic E-state index is 0.914. The summed E-state index contributed by atoms with van der Waals surface area (Å²) in [6, 6.07) is 70.6. The van der Waals surface area contributed by atoms with E-state index >= 15 is 0 Å². The van der Waals surface area contributed by atoms with Gasteiger partial charge in [-0.05, 0) is 106 Å². The van der Waals surface area contributed by atoms with Gasteiger partial charge < -0.3 is 4.42 Å². The molecule has 0 amide bonds. The molecular formula is C52H32O. The highest BCUT2D eigenvalue weighted by molar-refractivity contribution is 6.28. The van der Waals surface area contributed by atoms with Crippen LogP contribution in [0, 0.1) is 0 Å². The highest BCUT2D eigenvalue weighted by Crippen LogP contribution is 2.50. The molecule has 53 heavy (non-hydrogen) atoms. The maximum absolute atomic E-state index is 6.51. The van der Waals surface area contributed by atoms with Gasteiger partial charge in [-0.15, -0.1) is 0 Å². The molecule has 0 aliphatic carbocycles. The third-order valence-corrected chi connectivity index (χ3v) is 11.0. The van der Waals surface area contributed by atoms with Gasteiger partial charge in [0.05, 0.1) is 0 Å². The highest BCUT2D eigenvalue weighted by atomic mass is 16.3. The van der Waals surface area contributed by atoms with E-state index < -0.39 is 0 Å². The highest BCUT2D eigenvalue weighted by Gasteiger charge is 2.22. The summed E-state index contributed by atoms with van der Waals surface area (Å²) in [6.07, 6.45) is 0. The third-order valence-electron chi connectivity index (χ3n) is 11.0. The molecule has 0 aliphatic rings. The normalized spacial score (nSPS) is 11.8. The molecule has 0 radical (unpaired) electrons. The summed E-state index contributed by atoms with van der Waals surface area (Å²) >= 11 is 0. The second-order valence-corrected chi connectivity index (χ2v) is 13.9. The van der Waals surface area contributed by atoms with Crippen molar-refractivity contribution in [2.45, 2.75) is 0 Å². The fourth-order valence-electron chi connectivity index (χ4n) is 8.76. The molecule has 1 heteroatoms. The van der Waals surface area contributed by atoms with Crippen LogP contribution in [0.4, 0.5) is 0 Å². The smallest absolute Gasteiger partial charge is 0.136 e. The van der Waals surface area contributed by atoms with Crippen molar-refractivity contribution in [2.75, 3.05) is 0 Å². The van der Waals surface area contributed by atoms with E-state index in [0.717, 1.165) is 11.2 Å². The van der Waals surface area contributed by atoms with Gasteiger partial charge in [-0.3, -0.25) is 0 Å². The van der Waals surface area contributed by atoms with Crippen LogP contribution in [0.15, 0.2) is 199 Å². The van der Waals surface area contributed by atoms with Crippen molar-refractivity contribution in [2.24, 2.45) is 0 Å². The topological polar surface area (TPSA) is 13.1 Å². The van der Waals surface area contributed by atoms with Crippen molar-refractivity contribution in [1.29, 1.82) is 0 Å². The summed E-state index contributed by atoms with van der Waals surface area (Å²) in [4.78, 5) is 0. The van der Waals surface area contributed by atoms with Gasteiger partial charge in [0.1, 0.15) is 11.2 Å². The average molecular weight is 673 g/mol. The lowest BCUT2D eigenvalue weighted by Gasteiger charge is -2.22. The van der Waals surface area contributed by atoms with Gasteiger partial charge in [0.25, 0.3) is 0 Å². The zero-order valence-electron chi connectivity index (χ0n) is 28.9. The predicted molar refractivity (Wildman–Crippen MR) is 225 cm³/mol.